The highest BCUT2D eigenvalue weighted by molar-refractivity contribution is 7.92. The number of rotatable bonds is 5. The molecule has 6 nitrogen and oxygen atoms in total. The van der Waals surface area contributed by atoms with Crippen LogP contribution >= 0.6 is 0 Å². The van der Waals surface area contributed by atoms with E-state index in [0.29, 0.717) is 12.2 Å². The summed E-state index contributed by atoms with van der Waals surface area (Å²) in [4.78, 5) is 8.73. The molecule has 1 aromatic heterocycles. The van der Waals surface area contributed by atoms with E-state index in [9.17, 15) is 8.42 Å². The Balaban J connectivity index is 1.82. The molecule has 0 amide bonds. The summed E-state index contributed by atoms with van der Waals surface area (Å²) in [5.41, 5.74) is 6.30. The third kappa shape index (κ3) is 4.31. The van der Waals surface area contributed by atoms with E-state index in [4.69, 9.17) is 5.73 Å². The molecule has 1 aliphatic rings. The Hall–Kier alpha value is -1.34. The van der Waals surface area contributed by atoms with Gasteiger partial charge >= 0.3 is 0 Å². The highest BCUT2D eigenvalue weighted by Crippen LogP contribution is 2.14. The molecule has 0 aromatic carbocycles. The number of nitrogens with two attached hydrogens (primary N) is 1. The zero-order valence-corrected chi connectivity index (χ0v) is 13.5. The standard InChI is InChI=1S/C14H24N4O2S/c1-12(2)21(19,20)10-9-17-5-7-18(8-6-17)14-4-3-13(15)11-16-14/h3-4,11-12H,5-10,15H2,1-2H3. The van der Waals surface area contributed by atoms with Gasteiger partial charge in [-0.15, -0.1) is 0 Å². The normalized spacial score (nSPS) is 17.4. The molecule has 0 saturated carbocycles. The van der Waals surface area contributed by atoms with E-state index in [1.54, 1.807) is 20.0 Å². The van der Waals surface area contributed by atoms with Crippen LogP contribution in [-0.4, -0.2) is 62.0 Å². The number of pyridine rings is 1. The number of piperazine rings is 1. The summed E-state index contributed by atoms with van der Waals surface area (Å²) in [5, 5.41) is -0.294. The summed E-state index contributed by atoms with van der Waals surface area (Å²) < 4.78 is 23.7. The average molecular weight is 312 g/mol. The second kappa shape index (κ2) is 6.62. The molecule has 0 unspecified atom stereocenters. The van der Waals surface area contributed by atoms with E-state index in [1.807, 2.05) is 12.1 Å². The zero-order chi connectivity index (χ0) is 15.5. The molecule has 1 aliphatic heterocycles. The molecule has 1 saturated heterocycles. The van der Waals surface area contributed by atoms with E-state index >= 15 is 0 Å². The quantitative estimate of drug-likeness (QED) is 0.858. The predicted octanol–water partition coefficient (Wildman–Crippen LogP) is 0.609. The Morgan fingerprint density at radius 2 is 1.90 bits per heavy atom. The molecule has 0 aliphatic carbocycles. The van der Waals surface area contributed by atoms with Crippen molar-refractivity contribution in [2.24, 2.45) is 0 Å². The maximum Gasteiger partial charge on any atom is 0.153 e. The van der Waals surface area contributed by atoms with Gasteiger partial charge in [-0.05, 0) is 26.0 Å². The SMILES string of the molecule is CC(C)S(=O)(=O)CCN1CCN(c2ccc(N)cn2)CC1. The minimum Gasteiger partial charge on any atom is -0.397 e. The smallest absolute Gasteiger partial charge is 0.153 e. The van der Waals surface area contributed by atoms with E-state index in [0.717, 1.165) is 32.0 Å². The predicted molar refractivity (Wildman–Crippen MR) is 86.2 cm³/mol. The minimum atomic E-state index is -2.95. The van der Waals surface area contributed by atoms with Gasteiger partial charge in [0.25, 0.3) is 0 Å². The molecule has 0 atom stereocenters. The number of hydrogen-bond acceptors (Lipinski definition) is 6. The van der Waals surface area contributed by atoms with Crippen molar-refractivity contribution < 1.29 is 8.42 Å². The number of nitrogen functional groups attached to an aromatic ring is 1. The first kappa shape index (κ1) is 16.0. The van der Waals surface area contributed by atoms with Crippen LogP contribution in [0.5, 0.6) is 0 Å². The van der Waals surface area contributed by atoms with Gasteiger partial charge < -0.3 is 10.6 Å². The fourth-order valence-corrected chi connectivity index (χ4v) is 3.26. The van der Waals surface area contributed by atoms with Crippen LogP contribution in [0.2, 0.25) is 0 Å². The van der Waals surface area contributed by atoms with Gasteiger partial charge in [-0.1, -0.05) is 0 Å². The zero-order valence-electron chi connectivity index (χ0n) is 12.7. The third-order valence-corrected chi connectivity index (χ3v) is 6.07. The molecule has 0 radical (unpaired) electrons. The minimum absolute atomic E-state index is 0.241. The van der Waals surface area contributed by atoms with Gasteiger partial charge in [0.2, 0.25) is 0 Å². The molecule has 2 N–H and O–H groups in total. The first-order valence-corrected chi connectivity index (χ1v) is 9.00. The Morgan fingerprint density at radius 1 is 1.24 bits per heavy atom. The van der Waals surface area contributed by atoms with Gasteiger partial charge in [0.05, 0.1) is 22.9 Å². The Morgan fingerprint density at radius 3 is 2.43 bits per heavy atom. The van der Waals surface area contributed by atoms with Crippen molar-refractivity contribution in [3.63, 3.8) is 0 Å². The summed E-state index contributed by atoms with van der Waals surface area (Å²) in [5.74, 6) is 1.17. The molecule has 0 spiro atoms. The summed E-state index contributed by atoms with van der Waals surface area (Å²) in [6.07, 6.45) is 1.66. The Kier molecular flexibility index (Phi) is 5.05. The topological polar surface area (TPSA) is 79.5 Å². The molecule has 118 valence electrons. The van der Waals surface area contributed by atoms with Crippen molar-refractivity contribution in [3.05, 3.63) is 18.3 Å². The molecule has 7 heteroatoms. The Labute approximate surface area is 126 Å². The van der Waals surface area contributed by atoms with Crippen LogP contribution in [0.4, 0.5) is 11.5 Å². The average Bonchev–Trinajstić information content (AvgIpc) is 2.46. The maximum atomic E-state index is 11.8. The largest absolute Gasteiger partial charge is 0.397 e. The second-order valence-corrected chi connectivity index (χ2v) is 8.37. The lowest BCUT2D eigenvalue weighted by atomic mass is 10.3. The van der Waals surface area contributed by atoms with Crippen LogP contribution in [-0.2, 0) is 9.84 Å². The van der Waals surface area contributed by atoms with Gasteiger partial charge in [0.1, 0.15) is 5.82 Å². The van der Waals surface area contributed by atoms with Crippen LogP contribution in [0.1, 0.15) is 13.8 Å². The number of sulfone groups is 1. The van der Waals surface area contributed by atoms with Gasteiger partial charge in [-0.3, -0.25) is 4.90 Å². The lowest BCUT2D eigenvalue weighted by Gasteiger charge is -2.35. The number of hydrogen-bond donors (Lipinski definition) is 1. The van der Waals surface area contributed by atoms with Crippen molar-refractivity contribution >= 4 is 21.3 Å². The van der Waals surface area contributed by atoms with Crippen LogP contribution in [0, 0.1) is 0 Å². The molecule has 2 rings (SSSR count). The monoisotopic (exact) mass is 312 g/mol. The van der Waals surface area contributed by atoms with E-state index in [-0.39, 0.29) is 11.0 Å². The first-order valence-electron chi connectivity index (χ1n) is 7.29. The molecular formula is C14H24N4O2S. The highest BCUT2D eigenvalue weighted by Gasteiger charge is 2.21. The van der Waals surface area contributed by atoms with E-state index < -0.39 is 9.84 Å². The lowest BCUT2D eigenvalue weighted by Crippen LogP contribution is -2.48. The fourth-order valence-electron chi connectivity index (χ4n) is 2.28. The van der Waals surface area contributed by atoms with Crippen molar-refractivity contribution in [3.8, 4) is 0 Å². The Bertz CT molecular complexity index is 549. The van der Waals surface area contributed by atoms with Gasteiger partial charge in [0.15, 0.2) is 9.84 Å². The molecule has 1 fully saturated rings. The van der Waals surface area contributed by atoms with Crippen molar-refractivity contribution in [2.75, 3.05) is 49.1 Å². The highest BCUT2D eigenvalue weighted by atomic mass is 32.2. The maximum absolute atomic E-state index is 11.8. The number of anilines is 2. The van der Waals surface area contributed by atoms with Gasteiger partial charge in [-0.25, -0.2) is 13.4 Å². The van der Waals surface area contributed by atoms with Crippen molar-refractivity contribution in [2.45, 2.75) is 19.1 Å². The number of aromatic nitrogens is 1. The van der Waals surface area contributed by atoms with Crippen molar-refractivity contribution in [1.82, 2.24) is 9.88 Å². The number of nitrogens with zero attached hydrogens (tertiary/aromatic N) is 3. The van der Waals surface area contributed by atoms with Crippen LogP contribution < -0.4 is 10.6 Å². The summed E-state index contributed by atoms with van der Waals surface area (Å²) in [7, 11) is -2.95. The van der Waals surface area contributed by atoms with Crippen LogP contribution in [0.15, 0.2) is 18.3 Å². The molecule has 2 heterocycles. The van der Waals surface area contributed by atoms with Crippen LogP contribution in [0.3, 0.4) is 0 Å². The molecule has 21 heavy (non-hydrogen) atoms. The second-order valence-electron chi connectivity index (χ2n) is 5.69. The summed E-state index contributed by atoms with van der Waals surface area (Å²) in [6, 6.07) is 3.78. The van der Waals surface area contributed by atoms with Crippen molar-refractivity contribution in [1.29, 1.82) is 0 Å². The fraction of sp³-hybridized carbons (Fsp3) is 0.643. The third-order valence-electron chi connectivity index (χ3n) is 3.88. The summed E-state index contributed by atoms with van der Waals surface area (Å²) >= 11 is 0. The van der Waals surface area contributed by atoms with Crippen LogP contribution in [0.25, 0.3) is 0 Å². The first-order chi connectivity index (χ1) is 9.88. The molecular weight excluding hydrogens is 288 g/mol. The van der Waals surface area contributed by atoms with E-state index in [2.05, 4.69) is 14.8 Å². The van der Waals surface area contributed by atoms with Gasteiger partial charge in [0, 0.05) is 32.7 Å². The molecule has 1 aromatic rings. The van der Waals surface area contributed by atoms with Gasteiger partial charge in [-0.2, -0.15) is 0 Å². The van der Waals surface area contributed by atoms with E-state index in [1.165, 1.54) is 0 Å². The summed E-state index contributed by atoms with van der Waals surface area (Å²) in [6.45, 7) is 7.53. The molecule has 0 bridgehead atoms. The lowest BCUT2D eigenvalue weighted by molar-refractivity contribution is 0.271.